The first-order chi connectivity index (χ1) is 18.7. The van der Waals surface area contributed by atoms with Gasteiger partial charge in [-0.3, -0.25) is 24.6 Å². The molecule has 2 aromatic carbocycles. The van der Waals surface area contributed by atoms with Crippen LogP contribution in [0.2, 0.25) is 0 Å². The summed E-state index contributed by atoms with van der Waals surface area (Å²) < 4.78 is 38.8. The van der Waals surface area contributed by atoms with Gasteiger partial charge in [-0.25, -0.2) is 0 Å². The van der Waals surface area contributed by atoms with Gasteiger partial charge in [-0.2, -0.15) is 13.2 Å². The summed E-state index contributed by atoms with van der Waals surface area (Å²) in [5, 5.41) is 2.34. The van der Waals surface area contributed by atoms with Gasteiger partial charge in [-0.1, -0.05) is 37.1 Å². The molecule has 4 aliphatic rings. The molecule has 0 bridgehead atoms. The lowest BCUT2D eigenvalue weighted by Crippen LogP contribution is -2.52. The van der Waals surface area contributed by atoms with Gasteiger partial charge in [-0.15, -0.1) is 0 Å². The zero-order valence-corrected chi connectivity index (χ0v) is 21.5. The SMILES string of the molecule is O=C1CCC(N2Cc3cc(C4=CCN(Cc5ccc(C(F)(F)F)cc5)CC4CC4CC4)ccc3C2=O)C(=O)N1. The van der Waals surface area contributed by atoms with E-state index in [1.54, 1.807) is 17.0 Å². The fourth-order valence-electron chi connectivity index (χ4n) is 6.13. The van der Waals surface area contributed by atoms with E-state index in [4.69, 9.17) is 0 Å². The van der Waals surface area contributed by atoms with Crippen molar-refractivity contribution in [2.75, 3.05) is 13.1 Å². The summed E-state index contributed by atoms with van der Waals surface area (Å²) in [4.78, 5) is 40.9. The fourth-order valence-corrected chi connectivity index (χ4v) is 6.13. The normalized spacial score (nSPS) is 24.0. The Morgan fingerprint density at radius 3 is 2.44 bits per heavy atom. The van der Waals surface area contributed by atoms with E-state index in [-0.39, 0.29) is 18.2 Å². The number of nitrogens with zero attached hydrogens (tertiary/aromatic N) is 2. The van der Waals surface area contributed by atoms with Gasteiger partial charge in [0.1, 0.15) is 6.04 Å². The van der Waals surface area contributed by atoms with E-state index in [0.717, 1.165) is 41.8 Å². The second-order valence-corrected chi connectivity index (χ2v) is 11.2. The van der Waals surface area contributed by atoms with Crippen LogP contribution in [0.1, 0.15) is 64.7 Å². The third kappa shape index (κ3) is 5.37. The van der Waals surface area contributed by atoms with Crippen molar-refractivity contribution in [3.05, 3.63) is 76.4 Å². The first-order valence-electron chi connectivity index (χ1n) is 13.5. The second-order valence-electron chi connectivity index (χ2n) is 11.2. The maximum absolute atomic E-state index is 13.1. The second kappa shape index (κ2) is 9.93. The largest absolute Gasteiger partial charge is 0.416 e. The van der Waals surface area contributed by atoms with Crippen molar-refractivity contribution < 1.29 is 27.6 Å². The minimum absolute atomic E-state index is 0.180. The van der Waals surface area contributed by atoms with Crippen molar-refractivity contribution >= 4 is 23.3 Å². The van der Waals surface area contributed by atoms with Gasteiger partial charge in [0.05, 0.1) is 5.56 Å². The van der Waals surface area contributed by atoms with Crippen molar-refractivity contribution in [2.45, 2.75) is 57.4 Å². The van der Waals surface area contributed by atoms with E-state index >= 15 is 0 Å². The highest BCUT2D eigenvalue weighted by Gasteiger charge is 2.39. The number of rotatable bonds is 6. The number of amides is 3. The number of nitrogens with one attached hydrogen (secondary N) is 1. The molecule has 1 saturated carbocycles. The van der Waals surface area contributed by atoms with Crippen LogP contribution in [0.15, 0.2) is 48.5 Å². The molecule has 2 atom stereocenters. The van der Waals surface area contributed by atoms with E-state index in [1.807, 2.05) is 12.1 Å². The number of fused-ring (bicyclic) bond motifs is 1. The highest BCUT2D eigenvalue weighted by molar-refractivity contribution is 6.05. The number of halogens is 3. The first kappa shape index (κ1) is 25.8. The molecule has 2 fully saturated rings. The first-order valence-corrected chi connectivity index (χ1v) is 13.5. The zero-order valence-electron chi connectivity index (χ0n) is 21.5. The molecular weight excluding hydrogens is 507 g/mol. The average molecular weight is 538 g/mol. The van der Waals surface area contributed by atoms with Gasteiger partial charge >= 0.3 is 6.18 Å². The minimum Gasteiger partial charge on any atom is -0.322 e. The maximum atomic E-state index is 13.1. The molecule has 1 N–H and O–H groups in total. The number of carbonyl (C=O) groups excluding carboxylic acids is 3. The van der Waals surface area contributed by atoms with E-state index < -0.39 is 23.7 Å². The number of alkyl halides is 3. The predicted octanol–water partition coefficient (Wildman–Crippen LogP) is 4.78. The van der Waals surface area contributed by atoms with Gasteiger partial charge in [-0.05, 0) is 71.2 Å². The van der Waals surface area contributed by atoms with E-state index in [9.17, 15) is 27.6 Å². The number of carbonyl (C=O) groups is 3. The number of benzene rings is 2. The lowest BCUT2D eigenvalue weighted by atomic mass is 9.84. The molecular formula is C30H30F3N3O3. The van der Waals surface area contributed by atoms with Crippen LogP contribution in [0.4, 0.5) is 13.2 Å². The van der Waals surface area contributed by atoms with Crippen LogP contribution in [0.25, 0.3) is 5.57 Å². The molecule has 1 aliphatic carbocycles. The van der Waals surface area contributed by atoms with Crippen molar-refractivity contribution in [3.8, 4) is 0 Å². The summed E-state index contributed by atoms with van der Waals surface area (Å²) in [6, 6.07) is 10.7. The number of hydrogen-bond donors (Lipinski definition) is 1. The molecule has 6 nitrogen and oxygen atoms in total. The van der Waals surface area contributed by atoms with E-state index in [2.05, 4.69) is 22.4 Å². The topological polar surface area (TPSA) is 69.7 Å². The summed E-state index contributed by atoms with van der Waals surface area (Å²) in [7, 11) is 0. The van der Waals surface area contributed by atoms with Gasteiger partial charge in [0.25, 0.3) is 5.91 Å². The van der Waals surface area contributed by atoms with Gasteiger partial charge in [0.2, 0.25) is 11.8 Å². The molecule has 0 aromatic heterocycles. The highest BCUT2D eigenvalue weighted by atomic mass is 19.4. The minimum atomic E-state index is -4.34. The van der Waals surface area contributed by atoms with Crippen LogP contribution in [0, 0.1) is 11.8 Å². The smallest absolute Gasteiger partial charge is 0.322 e. The molecule has 6 rings (SSSR count). The standard InChI is InChI=1S/C30H30F3N3O3/c31-30(32,33)23-6-3-19(4-7-23)15-35-12-11-24(21(16-35)13-18-1-2-18)20-5-8-25-22(14-20)17-36(29(25)39)26-9-10-27(37)34-28(26)38/h3-8,11,14,18,21,26H,1-2,9-10,12-13,15-17H2,(H,34,37,38). The van der Waals surface area contributed by atoms with Crippen molar-refractivity contribution in [1.82, 2.24) is 15.1 Å². The molecule has 1 saturated heterocycles. The fraction of sp³-hybridized carbons (Fsp3) is 0.433. The molecule has 39 heavy (non-hydrogen) atoms. The summed E-state index contributed by atoms with van der Waals surface area (Å²) in [6.45, 7) is 2.44. The van der Waals surface area contributed by atoms with Crippen molar-refractivity contribution in [1.29, 1.82) is 0 Å². The average Bonchev–Trinajstić information content (AvgIpc) is 3.65. The molecule has 3 heterocycles. The lowest BCUT2D eigenvalue weighted by molar-refractivity contribution is -0.138. The van der Waals surface area contributed by atoms with Crippen molar-refractivity contribution in [3.63, 3.8) is 0 Å². The van der Waals surface area contributed by atoms with Crippen LogP contribution < -0.4 is 5.32 Å². The Morgan fingerprint density at radius 2 is 1.74 bits per heavy atom. The predicted molar refractivity (Wildman–Crippen MR) is 138 cm³/mol. The Labute approximate surface area is 224 Å². The van der Waals surface area contributed by atoms with E-state index in [0.29, 0.717) is 43.5 Å². The lowest BCUT2D eigenvalue weighted by Gasteiger charge is -2.34. The Kier molecular flexibility index (Phi) is 6.57. The Morgan fingerprint density at radius 1 is 0.974 bits per heavy atom. The number of piperidine rings is 1. The Bertz CT molecular complexity index is 1350. The monoisotopic (exact) mass is 537 g/mol. The van der Waals surface area contributed by atoms with Crippen molar-refractivity contribution in [2.24, 2.45) is 11.8 Å². The van der Waals surface area contributed by atoms with Crippen LogP contribution in [0.5, 0.6) is 0 Å². The molecule has 204 valence electrons. The number of hydrogen-bond acceptors (Lipinski definition) is 4. The van der Waals surface area contributed by atoms with Gasteiger partial charge in [0, 0.05) is 38.2 Å². The highest BCUT2D eigenvalue weighted by Crippen LogP contribution is 2.42. The zero-order chi connectivity index (χ0) is 27.3. The molecule has 3 aliphatic heterocycles. The quantitative estimate of drug-likeness (QED) is 0.539. The summed E-state index contributed by atoms with van der Waals surface area (Å²) in [5.74, 6) is 0.0905. The molecule has 0 spiro atoms. The third-order valence-corrected chi connectivity index (χ3v) is 8.35. The summed E-state index contributed by atoms with van der Waals surface area (Å²) in [6.07, 6.45) is 1.95. The summed E-state index contributed by atoms with van der Waals surface area (Å²) >= 11 is 0. The van der Waals surface area contributed by atoms with Gasteiger partial charge in [0.15, 0.2) is 0 Å². The van der Waals surface area contributed by atoms with E-state index in [1.165, 1.54) is 18.4 Å². The molecule has 9 heteroatoms. The van der Waals surface area contributed by atoms with Crippen LogP contribution in [-0.2, 0) is 28.9 Å². The molecule has 2 aromatic rings. The molecule has 3 amide bonds. The van der Waals surface area contributed by atoms with Crippen LogP contribution in [-0.4, -0.2) is 46.7 Å². The number of imide groups is 1. The van der Waals surface area contributed by atoms with Crippen LogP contribution >= 0.6 is 0 Å². The van der Waals surface area contributed by atoms with Crippen LogP contribution in [0.3, 0.4) is 0 Å². The molecule has 2 unspecified atom stereocenters. The third-order valence-electron chi connectivity index (χ3n) is 8.35. The maximum Gasteiger partial charge on any atom is 0.416 e. The summed E-state index contributed by atoms with van der Waals surface area (Å²) in [5.41, 5.74) is 4.04. The Hall–Kier alpha value is -3.46. The van der Waals surface area contributed by atoms with Gasteiger partial charge < -0.3 is 4.90 Å². The molecule has 0 radical (unpaired) electrons. The Balaban J connectivity index is 1.19.